The van der Waals surface area contributed by atoms with Crippen molar-refractivity contribution in [2.45, 2.75) is 58.4 Å². The van der Waals surface area contributed by atoms with E-state index in [1.807, 2.05) is 12.1 Å². The Bertz CT molecular complexity index is 420. The molecular weight excluding hydrogens is 250 g/mol. The molecule has 0 saturated carbocycles. The van der Waals surface area contributed by atoms with E-state index in [1.54, 1.807) is 0 Å². The van der Waals surface area contributed by atoms with Gasteiger partial charge >= 0.3 is 0 Å². The summed E-state index contributed by atoms with van der Waals surface area (Å²) in [7, 11) is 0. The Labute approximate surface area is 122 Å². The molecule has 2 heterocycles. The van der Waals surface area contributed by atoms with Crippen molar-refractivity contribution in [1.82, 2.24) is 4.98 Å². The molecule has 1 aromatic heterocycles. The number of hydrogen-bond donors (Lipinski definition) is 1. The Hall–Kier alpha value is -1.45. The molecular formula is C16H27N3O. The number of ether oxygens (including phenoxy) is 1. The second-order valence-corrected chi connectivity index (χ2v) is 5.54. The predicted octanol–water partition coefficient (Wildman–Crippen LogP) is 3.61. The zero-order chi connectivity index (χ0) is 14.4. The number of rotatable bonds is 6. The van der Waals surface area contributed by atoms with Crippen molar-refractivity contribution < 1.29 is 4.74 Å². The van der Waals surface area contributed by atoms with E-state index in [0.717, 1.165) is 18.8 Å². The fourth-order valence-electron chi connectivity index (χ4n) is 2.85. The summed E-state index contributed by atoms with van der Waals surface area (Å²) in [6.07, 6.45) is 7.26. The van der Waals surface area contributed by atoms with E-state index in [-0.39, 0.29) is 0 Å². The number of anilines is 2. The highest BCUT2D eigenvalue weighted by atomic mass is 16.5. The van der Waals surface area contributed by atoms with Crippen molar-refractivity contribution in [3.8, 4) is 5.88 Å². The van der Waals surface area contributed by atoms with Crippen molar-refractivity contribution in [3.05, 3.63) is 12.1 Å². The maximum atomic E-state index is 5.95. The molecule has 1 aliphatic rings. The first-order chi connectivity index (χ1) is 9.76. The molecule has 1 aromatic rings. The number of piperidine rings is 1. The third-order valence-corrected chi connectivity index (χ3v) is 3.86. The summed E-state index contributed by atoms with van der Waals surface area (Å²) in [5, 5.41) is 0. The summed E-state index contributed by atoms with van der Waals surface area (Å²) in [4.78, 5) is 7.08. The lowest BCUT2D eigenvalue weighted by molar-refractivity contribution is 0.306. The van der Waals surface area contributed by atoms with Crippen LogP contribution in [0.25, 0.3) is 0 Å². The van der Waals surface area contributed by atoms with Crippen LogP contribution in [0.1, 0.15) is 52.4 Å². The minimum Gasteiger partial charge on any atom is -0.476 e. The van der Waals surface area contributed by atoms with Crippen LogP contribution in [0.5, 0.6) is 5.88 Å². The van der Waals surface area contributed by atoms with Crippen molar-refractivity contribution in [3.63, 3.8) is 0 Å². The third-order valence-electron chi connectivity index (χ3n) is 3.86. The number of nitrogens with zero attached hydrogens (tertiary/aromatic N) is 2. The van der Waals surface area contributed by atoms with E-state index < -0.39 is 0 Å². The maximum Gasteiger partial charge on any atom is 0.239 e. The highest BCUT2D eigenvalue weighted by molar-refractivity contribution is 5.55. The van der Waals surface area contributed by atoms with Crippen LogP contribution in [-0.4, -0.2) is 24.2 Å². The van der Waals surface area contributed by atoms with Gasteiger partial charge in [0.05, 0.1) is 12.3 Å². The molecule has 20 heavy (non-hydrogen) atoms. The SMILES string of the molecule is CCCOc1nc(N2CCCCC2CCC)ccc1N. The second kappa shape index (κ2) is 7.36. The zero-order valence-corrected chi connectivity index (χ0v) is 12.8. The van der Waals surface area contributed by atoms with Gasteiger partial charge in [-0.3, -0.25) is 0 Å². The Morgan fingerprint density at radius 3 is 2.90 bits per heavy atom. The largest absolute Gasteiger partial charge is 0.476 e. The number of aromatic nitrogens is 1. The average Bonchev–Trinajstić information content (AvgIpc) is 2.47. The van der Waals surface area contributed by atoms with Gasteiger partial charge in [0, 0.05) is 12.6 Å². The molecule has 1 fully saturated rings. The number of hydrogen-bond acceptors (Lipinski definition) is 4. The molecule has 112 valence electrons. The van der Waals surface area contributed by atoms with E-state index in [1.165, 1.54) is 32.1 Å². The predicted molar refractivity (Wildman–Crippen MR) is 84.3 cm³/mol. The summed E-state index contributed by atoms with van der Waals surface area (Å²) in [6.45, 7) is 6.09. The van der Waals surface area contributed by atoms with Gasteiger partial charge in [0.1, 0.15) is 5.82 Å². The lowest BCUT2D eigenvalue weighted by Crippen LogP contribution is -2.40. The molecule has 0 bridgehead atoms. The van der Waals surface area contributed by atoms with Gasteiger partial charge in [-0.1, -0.05) is 20.3 Å². The standard InChI is InChI=1S/C16H27N3O/c1-3-7-13-8-5-6-11-19(13)15-10-9-14(17)16(18-15)20-12-4-2/h9-10,13H,3-8,11-12,17H2,1-2H3. The molecule has 0 amide bonds. The van der Waals surface area contributed by atoms with Crippen LogP contribution in [0.4, 0.5) is 11.5 Å². The molecule has 2 N–H and O–H groups in total. The number of nitrogens with two attached hydrogens (primary N) is 1. The summed E-state index contributed by atoms with van der Waals surface area (Å²) in [5.41, 5.74) is 6.58. The van der Waals surface area contributed by atoms with Crippen LogP contribution in [0.3, 0.4) is 0 Å². The summed E-state index contributed by atoms with van der Waals surface area (Å²) < 4.78 is 5.65. The smallest absolute Gasteiger partial charge is 0.239 e. The normalized spacial score (nSPS) is 19.1. The second-order valence-electron chi connectivity index (χ2n) is 5.54. The van der Waals surface area contributed by atoms with E-state index in [2.05, 4.69) is 23.7 Å². The first kappa shape index (κ1) is 14.9. The third kappa shape index (κ3) is 3.56. The molecule has 1 aliphatic heterocycles. The van der Waals surface area contributed by atoms with Gasteiger partial charge in [0.25, 0.3) is 0 Å². The van der Waals surface area contributed by atoms with Gasteiger partial charge in [0.2, 0.25) is 5.88 Å². The van der Waals surface area contributed by atoms with Gasteiger partial charge in [-0.15, -0.1) is 0 Å². The first-order valence-corrected chi connectivity index (χ1v) is 7.92. The Kier molecular flexibility index (Phi) is 5.50. The summed E-state index contributed by atoms with van der Waals surface area (Å²) in [5.74, 6) is 1.61. The Morgan fingerprint density at radius 2 is 2.15 bits per heavy atom. The van der Waals surface area contributed by atoms with E-state index >= 15 is 0 Å². The minimum atomic E-state index is 0.588. The molecule has 4 heteroatoms. The molecule has 4 nitrogen and oxygen atoms in total. The van der Waals surface area contributed by atoms with E-state index in [0.29, 0.717) is 24.2 Å². The molecule has 1 atom stereocenters. The Balaban J connectivity index is 2.17. The topological polar surface area (TPSA) is 51.4 Å². The lowest BCUT2D eigenvalue weighted by Gasteiger charge is -2.36. The van der Waals surface area contributed by atoms with Gasteiger partial charge in [-0.25, -0.2) is 0 Å². The van der Waals surface area contributed by atoms with Gasteiger partial charge in [0.15, 0.2) is 0 Å². The lowest BCUT2D eigenvalue weighted by atomic mass is 9.98. The fourth-order valence-corrected chi connectivity index (χ4v) is 2.85. The average molecular weight is 277 g/mol. The van der Waals surface area contributed by atoms with Crippen LogP contribution in [0.15, 0.2) is 12.1 Å². The van der Waals surface area contributed by atoms with Crippen LogP contribution < -0.4 is 15.4 Å². The maximum absolute atomic E-state index is 5.95. The van der Waals surface area contributed by atoms with Gasteiger partial charge in [-0.2, -0.15) is 4.98 Å². The number of pyridine rings is 1. The van der Waals surface area contributed by atoms with Crippen molar-refractivity contribution in [1.29, 1.82) is 0 Å². The van der Waals surface area contributed by atoms with Gasteiger partial charge in [-0.05, 0) is 44.2 Å². The quantitative estimate of drug-likeness (QED) is 0.863. The minimum absolute atomic E-state index is 0.588. The molecule has 2 rings (SSSR count). The molecule has 1 saturated heterocycles. The Morgan fingerprint density at radius 1 is 1.30 bits per heavy atom. The van der Waals surface area contributed by atoms with Crippen molar-refractivity contribution in [2.24, 2.45) is 0 Å². The zero-order valence-electron chi connectivity index (χ0n) is 12.8. The fraction of sp³-hybridized carbons (Fsp3) is 0.688. The molecule has 0 radical (unpaired) electrons. The first-order valence-electron chi connectivity index (χ1n) is 7.92. The summed E-state index contributed by atoms with van der Waals surface area (Å²) in [6, 6.07) is 4.57. The summed E-state index contributed by atoms with van der Waals surface area (Å²) >= 11 is 0. The van der Waals surface area contributed by atoms with Crippen molar-refractivity contribution >= 4 is 11.5 Å². The highest BCUT2D eigenvalue weighted by Crippen LogP contribution is 2.29. The van der Waals surface area contributed by atoms with Crippen LogP contribution in [0, 0.1) is 0 Å². The van der Waals surface area contributed by atoms with E-state index in [9.17, 15) is 0 Å². The molecule has 1 unspecified atom stereocenters. The van der Waals surface area contributed by atoms with Crippen LogP contribution >= 0.6 is 0 Å². The monoisotopic (exact) mass is 277 g/mol. The number of nitrogen functional groups attached to an aromatic ring is 1. The molecule has 0 aliphatic carbocycles. The van der Waals surface area contributed by atoms with E-state index in [4.69, 9.17) is 10.5 Å². The highest BCUT2D eigenvalue weighted by Gasteiger charge is 2.23. The molecule has 0 aromatic carbocycles. The van der Waals surface area contributed by atoms with Gasteiger partial charge < -0.3 is 15.4 Å². The van der Waals surface area contributed by atoms with Crippen molar-refractivity contribution in [2.75, 3.05) is 23.8 Å². The van der Waals surface area contributed by atoms with Crippen LogP contribution in [-0.2, 0) is 0 Å². The van der Waals surface area contributed by atoms with Crippen LogP contribution in [0.2, 0.25) is 0 Å². The molecule has 0 spiro atoms.